The van der Waals surface area contributed by atoms with Crippen molar-refractivity contribution in [2.24, 2.45) is 0 Å². The van der Waals surface area contributed by atoms with E-state index in [9.17, 15) is 4.79 Å². The molecule has 1 N–H and O–H groups in total. The number of halogens is 1. The number of carbonyl (C=O) groups excluding carboxylic acids is 1. The molecule has 54 valence electrons. The Hall–Kier alpha value is -0.960. The van der Waals surface area contributed by atoms with Gasteiger partial charge in [-0.1, -0.05) is 11.6 Å². The zero-order valence-electron chi connectivity index (χ0n) is 5.35. The summed E-state index contributed by atoms with van der Waals surface area (Å²) in [4.78, 5) is 13.0. The first-order valence-electron chi connectivity index (χ1n) is 2.71. The Morgan fingerprint density at radius 2 is 2.50 bits per heavy atom. The maximum Gasteiger partial charge on any atom is 0.309 e. The average molecular weight is 160 g/mol. The van der Waals surface area contributed by atoms with Gasteiger partial charge in [0.2, 0.25) is 5.88 Å². The number of nitrogens with one attached hydrogen (secondary N) is 1. The van der Waals surface area contributed by atoms with Crippen LogP contribution in [0.4, 0.5) is 0 Å². The van der Waals surface area contributed by atoms with E-state index in [1.165, 1.54) is 6.92 Å². The molecule has 0 atom stereocenters. The number of aromatic nitrogens is 1. The van der Waals surface area contributed by atoms with Crippen molar-refractivity contribution < 1.29 is 9.53 Å². The van der Waals surface area contributed by atoms with Gasteiger partial charge in [-0.2, -0.15) is 0 Å². The summed E-state index contributed by atoms with van der Waals surface area (Å²) in [6, 6.07) is 1.61. The number of rotatable bonds is 1. The van der Waals surface area contributed by atoms with Crippen LogP contribution in [0.15, 0.2) is 12.3 Å². The summed E-state index contributed by atoms with van der Waals surface area (Å²) in [6.07, 6.45) is 1.60. The fourth-order valence-corrected chi connectivity index (χ4v) is 0.713. The highest BCUT2D eigenvalue weighted by Gasteiger charge is 2.02. The molecule has 3 nitrogen and oxygen atoms in total. The second-order valence-corrected chi connectivity index (χ2v) is 2.16. The summed E-state index contributed by atoms with van der Waals surface area (Å²) < 4.78 is 4.66. The van der Waals surface area contributed by atoms with Crippen LogP contribution in [0.2, 0.25) is 5.02 Å². The third-order valence-corrected chi connectivity index (χ3v) is 1.20. The fraction of sp³-hybridized carbons (Fsp3) is 0.167. The van der Waals surface area contributed by atoms with E-state index >= 15 is 0 Å². The Bertz CT molecular complexity index is 244. The third kappa shape index (κ3) is 1.51. The molecule has 0 radical (unpaired) electrons. The van der Waals surface area contributed by atoms with Gasteiger partial charge in [0.1, 0.15) is 5.02 Å². The summed E-state index contributed by atoms with van der Waals surface area (Å²) >= 11 is 5.58. The van der Waals surface area contributed by atoms with Crippen molar-refractivity contribution >= 4 is 17.6 Å². The van der Waals surface area contributed by atoms with E-state index < -0.39 is 0 Å². The van der Waals surface area contributed by atoms with Gasteiger partial charge in [-0.15, -0.1) is 0 Å². The molecule has 1 aromatic rings. The minimum absolute atomic E-state index is 0.300. The van der Waals surface area contributed by atoms with Crippen molar-refractivity contribution in [1.29, 1.82) is 0 Å². The average Bonchev–Trinajstić information content (AvgIpc) is 2.15. The second kappa shape index (κ2) is 2.75. The molecule has 4 heteroatoms. The molecule has 0 aliphatic carbocycles. The highest BCUT2D eigenvalue weighted by Crippen LogP contribution is 2.20. The maximum absolute atomic E-state index is 10.4. The molecule has 0 fully saturated rings. The van der Waals surface area contributed by atoms with E-state index in [4.69, 9.17) is 11.6 Å². The molecular weight excluding hydrogens is 154 g/mol. The van der Waals surface area contributed by atoms with E-state index in [1.807, 2.05) is 0 Å². The SMILES string of the molecule is CC(=O)Oc1[nH]ccc1Cl. The number of aromatic amines is 1. The topological polar surface area (TPSA) is 42.1 Å². The van der Waals surface area contributed by atoms with Gasteiger partial charge < -0.3 is 9.72 Å². The van der Waals surface area contributed by atoms with Crippen molar-refractivity contribution in [3.8, 4) is 5.88 Å². The Labute approximate surface area is 62.9 Å². The zero-order valence-corrected chi connectivity index (χ0v) is 6.11. The summed E-state index contributed by atoms with van der Waals surface area (Å²) in [5.41, 5.74) is 0. The molecule has 0 saturated heterocycles. The van der Waals surface area contributed by atoms with Crippen LogP contribution in [-0.2, 0) is 4.79 Å². The number of carbonyl (C=O) groups is 1. The van der Waals surface area contributed by atoms with Gasteiger partial charge in [0.05, 0.1) is 0 Å². The van der Waals surface area contributed by atoms with Gasteiger partial charge in [-0.25, -0.2) is 0 Å². The summed E-state index contributed by atoms with van der Waals surface area (Å²) in [6.45, 7) is 1.32. The van der Waals surface area contributed by atoms with Gasteiger partial charge in [0.25, 0.3) is 0 Å². The Kier molecular flexibility index (Phi) is 1.97. The monoisotopic (exact) mass is 159 g/mol. The van der Waals surface area contributed by atoms with Gasteiger partial charge in [-0.05, 0) is 6.07 Å². The second-order valence-electron chi connectivity index (χ2n) is 1.75. The van der Waals surface area contributed by atoms with Crippen molar-refractivity contribution in [2.75, 3.05) is 0 Å². The predicted octanol–water partition coefficient (Wildman–Crippen LogP) is 1.59. The van der Waals surface area contributed by atoms with Crippen LogP contribution in [0.25, 0.3) is 0 Å². The molecule has 1 rings (SSSR count). The lowest BCUT2D eigenvalue weighted by molar-refractivity contribution is -0.132. The van der Waals surface area contributed by atoms with Crippen LogP contribution in [-0.4, -0.2) is 11.0 Å². The molecule has 0 spiro atoms. The van der Waals surface area contributed by atoms with Crippen LogP contribution in [0.5, 0.6) is 5.88 Å². The Morgan fingerprint density at radius 3 is 2.90 bits per heavy atom. The molecule has 0 aliphatic heterocycles. The lowest BCUT2D eigenvalue weighted by Gasteiger charge is -1.95. The van der Waals surface area contributed by atoms with Crippen LogP contribution in [0, 0.1) is 0 Å². The fourth-order valence-electron chi connectivity index (χ4n) is 0.557. The molecule has 0 bridgehead atoms. The molecule has 0 aliphatic rings. The minimum atomic E-state index is -0.385. The standard InChI is InChI=1S/C6H6ClNO2/c1-4(9)10-6-5(7)2-3-8-6/h2-3,8H,1H3. The van der Waals surface area contributed by atoms with Crippen molar-refractivity contribution in [1.82, 2.24) is 4.98 Å². The van der Waals surface area contributed by atoms with E-state index in [0.717, 1.165) is 0 Å². The minimum Gasteiger partial charge on any atom is -0.408 e. The lowest BCUT2D eigenvalue weighted by Crippen LogP contribution is -2.01. The quantitative estimate of drug-likeness (QED) is 0.633. The van der Waals surface area contributed by atoms with Crippen LogP contribution in [0.1, 0.15) is 6.92 Å². The first-order chi connectivity index (χ1) is 4.70. The number of hydrogen-bond donors (Lipinski definition) is 1. The van der Waals surface area contributed by atoms with E-state index in [1.54, 1.807) is 12.3 Å². The zero-order chi connectivity index (χ0) is 7.56. The molecule has 0 unspecified atom stereocenters. The van der Waals surface area contributed by atoms with Gasteiger partial charge >= 0.3 is 5.97 Å². The van der Waals surface area contributed by atoms with Crippen molar-refractivity contribution in [3.05, 3.63) is 17.3 Å². The molecule has 0 saturated carbocycles. The normalized spacial score (nSPS) is 9.40. The van der Waals surface area contributed by atoms with Gasteiger partial charge in [0, 0.05) is 13.1 Å². The summed E-state index contributed by atoms with van der Waals surface area (Å²) in [7, 11) is 0. The Balaban J connectivity index is 2.74. The summed E-state index contributed by atoms with van der Waals surface area (Å²) in [5, 5.41) is 0.412. The smallest absolute Gasteiger partial charge is 0.309 e. The van der Waals surface area contributed by atoms with Crippen LogP contribution >= 0.6 is 11.6 Å². The van der Waals surface area contributed by atoms with E-state index in [0.29, 0.717) is 10.9 Å². The lowest BCUT2D eigenvalue weighted by atomic mass is 10.6. The molecule has 0 aromatic carbocycles. The van der Waals surface area contributed by atoms with Gasteiger partial charge in [0.15, 0.2) is 0 Å². The first kappa shape index (κ1) is 7.15. The predicted molar refractivity (Wildman–Crippen MR) is 37.1 cm³/mol. The highest BCUT2D eigenvalue weighted by molar-refractivity contribution is 6.32. The number of esters is 1. The largest absolute Gasteiger partial charge is 0.408 e. The molecular formula is C6H6ClNO2. The van der Waals surface area contributed by atoms with Crippen LogP contribution in [0.3, 0.4) is 0 Å². The van der Waals surface area contributed by atoms with E-state index in [2.05, 4.69) is 9.72 Å². The third-order valence-electron chi connectivity index (χ3n) is 0.907. The molecule has 1 heterocycles. The number of ether oxygens (including phenoxy) is 1. The van der Waals surface area contributed by atoms with Crippen LogP contribution < -0.4 is 4.74 Å². The maximum atomic E-state index is 10.4. The number of hydrogen-bond acceptors (Lipinski definition) is 2. The molecule has 10 heavy (non-hydrogen) atoms. The van der Waals surface area contributed by atoms with Crippen molar-refractivity contribution in [2.45, 2.75) is 6.92 Å². The molecule has 1 aromatic heterocycles. The summed E-state index contributed by atoms with van der Waals surface area (Å²) in [5.74, 6) is -0.0847. The highest BCUT2D eigenvalue weighted by atomic mass is 35.5. The molecule has 0 amide bonds. The van der Waals surface area contributed by atoms with Gasteiger partial charge in [-0.3, -0.25) is 4.79 Å². The Morgan fingerprint density at radius 1 is 1.80 bits per heavy atom. The first-order valence-corrected chi connectivity index (χ1v) is 3.09. The van der Waals surface area contributed by atoms with E-state index in [-0.39, 0.29) is 5.97 Å². The van der Waals surface area contributed by atoms with Crippen molar-refractivity contribution in [3.63, 3.8) is 0 Å². The number of H-pyrrole nitrogens is 1.